The van der Waals surface area contributed by atoms with Crippen molar-refractivity contribution in [2.24, 2.45) is 11.7 Å². The topological polar surface area (TPSA) is 63.3 Å². The molecule has 70 valence electrons. The lowest BCUT2D eigenvalue weighted by Gasteiger charge is -2.37. The van der Waals surface area contributed by atoms with Gasteiger partial charge in [0.05, 0.1) is 0 Å². The Hall–Kier alpha value is -0.570. The fraction of sp³-hybridized carbons (Fsp3) is 0.889. The van der Waals surface area contributed by atoms with Crippen molar-refractivity contribution in [2.45, 2.75) is 44.6 Å². The molecular formula is C9H17NO2. The Morgan fingerprint density at radius 1 is 1.67 bits per heavy atom. The molecule has 1 rings (SSSR count). The van der Waals surface area contributed by atoms with Crippen molar-refractivity contribution >= 4 is 5.97 Å². The Bertz CT molecular complexity index is 181. The molecule has 0 aromatic rings. The van der Waals surface area contributed by atoms with Gasteiger partial charge in [0.25, 0.3) is 0 Å². The molecule has 0 radical (unpaired) electrons. The molecule has 0 aliphatic heterocycles. The lowest BCUT2D eigenvalue weighted by atomic mass is 9.72. The molecule has 0 heterocycles. The predicted octanol–water partition coefficient (Wildman–Crippen LogP) is 1.37. The molecular weight excluding hydrogens is 154 g/mol. The Kier molecular flexibility index (Phi) is 2.73. The molecule has 1 aliphatic rings. The summed E-state index contributed by atoms with van der Waals surface area (Å²) in [6.07, 6.45) is 4.58. The number of carboxylic acid groups (broad SMARTS) is 1. The minimum Gasteiger partial charge on any atom is -0.480 e. The summed E-state index contributed by atoms with van der Waals surface area (Å²) in [7, 11) is 0. The van der Waals surface area contributed by atoms with E-state index in [4.69, 9.17) is 10.8 Å². The van der Waals surface area contributed by atoms with E-state index in [-0.39, 0.29) is 5.92 Å². The summed E-state index contributed by atoms with van der Waals surface area (Å²) in [4.78, 5) is 10.9. The van der Waals surface area contributed by atoms with E-state index < -0.39 is 11.5 Å². The molecule has 0 spiro atoms. The highest BCUT2D eigenvalue weighted by atomic mass is 16.4. The van der Waals surface area contributed by atoms with Crippen LogP contribution in [0.15, 0.2) is 0 Å². The summed E-state index contributed by atoms with van der Waals surface area (Å²) in [6, 6.07) is 0. The first-order chi connectivity index (χ1) is 5.61. The highest BCUT2D eigenvalue weighted by Gasteiger charge is 2.42. The molecule has 12 heavy (non-hydrogen) atoms. The van der Waals surface area contributed by atoms with Gasteiger partial charge in [0, 0.05) is 0 Å². The molecule has 0 bridgehead atoms. The Morgan fingerprint density at radius 3 is 2.75 bits per heavy atom. The summed E-state index contributed by atoms with van der Waals surface area (Å²) in [6.45, 7) is 2.01. The van der Waals surface area contributed by atoms with Crippen molar-refractivity contribution in [3.63, 3.8) is 0 Å². The summed E-state index contributed by atoms with van der Waals surface area (Å²) < 4.78 is 0. The summed E-state index contributed by atoms with van der Waals surface area (Å²) in [5, 5.41) is 8.97. The van der Waals surface area contributed by atoms with Crippen molar-refractivity contribution in [3.8, 4) is 0 Å². The van der Waals surface area contributed by atoms with E-state index in [1.54, 1.807) is 0 Å². The van der Waals surface area contributed by atoms with Crippen LogP contribution in [0.2, 0.25) is 0 Å². The molecule has 0 aromatic heterocycles. The minimum atomic E-state index is -0.938. The van der Waals surface area contributed by atoms with Gasteiger partial charge in [0.1, 0.15) is 5.54 Å². The second kappa shape index (κ2) is 3.44. The van der Waals surface area contributed by atoms with Crippen molar-refractivity contribution < 1.29 is 9.90 Å². The van der Waals surface area contributed by atoms with E-state index in [0.717, 1.165) is 25.7 Å². The zero-order valence-electron chi connectivity index (χ0n) is 7.55. The molecule has 2 atom stereocenters. The molecule has 3 heteroatoms. The molecule has 0 unspecified atom stereocenters. The molecule has 0 aromatic carbocycles. The predicted molar refractivity (Wildman–Crippen MR) is 46.8 cm³/mol. The van der Waals surface area contributed by atoms with E-state index >= 15 is 0 Å². The van der Waals surface area contributed by atoms with Gasteiger partial charge in [-0.1, -0.05) is 26.2 Å². The monoisotopic (exact) mass is 171 g/mol. The van der Waals surface area contributed by atoms with Crippen molar-refractivity contribution in [3.05, 3.63) is 0 Å². The molecule has 1 saturated carbocycles. The smallest absolute Gasteiger partial charge is 0.323 e. The largest absolute Gasteiger partial charge is 0.480 e. The third-order valence-corrected chi connectivity index (χ3v) is 3.01. The lowest BCUT2D eigenvalue weighted by molar-refractivity contribution is -0.147. The fourth-order valence-electron chi connectivity index (χ4n) is 2.12. The first-order valence-corrected chi connectivity index (χ1v) is 4.63. The number of carboxylic acids is 1. The van der Waals surface area contributed by atoms with Crippen LogP contribution in [0.5, 0.6) is 0 Å². The Balaban J connectivity index is 2.75. The van der Waals surface area contributed by atoms with Crippen molar-refractivity contribution in [1.29, 1.82) is 0 Å². The summed E-state index contributed by atoms with van der Waals surface area (Å²) in [5.74, 6) is -0.655. The van der Waals surface area contributed by atoms with Gasteiger partial charge < -0.3 is 10.8 Å². The normalized spacial score (nSPS) is 36.3. The van der Waals surface area contributed by atoms with Gasteiger partial charge in [-0.05, 0) is 18.8 Å². The van der Waals surface area contributed by atoms with Crippen LogP contribution >= 0.6 is 0 Å². The highest BCUT2D eigenvalue weighted by Crippen LogP contribution is 2.34. The molecule has 1 aliphatic carbocycles. The third-order valence-electron chi connectivity index (χ3n) is 3.01. The first kappa shape index (κ1) is 9.52. The van der Waals surface area contributed by atoms with Gasteiger partial charge in [-0.2, -0.15) is 0 Å². The third kappa shape index (κ3) is 1.46. The van der Waals surface area contributed by atoms with Crippen LogP contribution in [0, 0.1) is 5.92 Å². The standard InChI is InChI=1S/C9H17NO2/c1-2-7-5-3-4-6-9(7,10)8(11)12/h7H,2-6,10H2,1H3,(H,11,12)/t7-,9-/m1/s1. The van der Waals surface area contributed by atoms with Crippen molar-refractivity contribution in [1.82, 2.24) is 0 Å². The first-order valence-electron chi connectivity index (χ1n) is 4.63. The van der Waals surface area contributed by atoms with Crippen LogP contribution in [0.25, 0.3) is 0 Å². The zero-order chi connectivity index (χ0) is 9.19. The van der Waals surface area contributed by atoms with Crippen LogP contribution in [0.3, 0.4) is 0 Å². The SMILES string of the molecule is CC[C@@H]1CCCC[C@]1(N)C(=O)O. The fourth-order valence-corrected chi connectivity index (χ4v) is 2.12. The van der Waals surface area contributed by atoms with Gasteiger partial charge in [-0.25, -0.2) is 0 Å². The van der Waals surface area contributed by atoms with Crippen LogP contribution in [0.4, 0.5) is 0 Å². The van der Waals surface area contributed by atoms with Gasteiger partial charge in [0.15, 0.2) is 0 Å². The average molecular weight is 171 g/mol. The average Bonchev–Trinajstić information content (AvgIpc) is 2.05. The Morgan fingerprint density at radius 2 is 2.33 bits per heavy atom. The highest BCUT2D eigenvalue weighted by molar-refractivity contribution is 5.79. The molecule has 3 N–H and O–H groups in total. The molecule has 3 nitrogen and oxygen atoms in total. The Labute approximate surface area is 72.9 Å². The van der Waals surface area contributed by atoms with E-state index in [1.165, 1.54) is 0 Å². The number of carbonyl (C=O) groups is 1. The summed E-state index contributed by atoms with van der Waals surface area (Å²) in [5.41, 5.74) is 4.92. The van der Waals surface area contributed by atoms with Crippen LogP contribution < -0.4 is 5.73 Å². The second-order valence-electron chi connectivity index (χ2n) is 3.70. The molecule has 0 saturated heterocycles. The maximum absolute atomic E-state index is 10.9. The summed E-state index contributed by atoms with van der Waals surface area (Å²) >= 11 is 0. The number of hydrogen-bond donors (Lipinski definition) is 2. The molecule has 1 fully saturated rings. The molecule has 0 amide bonds. The van der Waals surface area contributed by atoms with Gasteiger partial charge in [-0.15, -0.1) is 0 Å². The van der Waals surface area contributed by atoms with Gasteiger partial charge >= 0.3 is 5.97 Å². The number of rotatable bonds is 2. The van der Waals surface area contributed by atoms with Crippen molar-refractivity contribution in [2.75, 3.05) is 0 Å². The van der Waals surface area contributed by atoms with E-state index in [9.17, 15) is 4.79 Å². The minimum absolute atomic E-state index is 0.170. The lowest BCUT2D eigenvalue weighted by Crippen LogP contribution is -2.55. The maximum atomic E-state index is 10.9. The number of aliphatic carboxylic acids is 1. The number of hydrogen-bond acceptors (Lipinski definition) is 2. The van der Waals surface area contributed by atoms with Crippen LogP contribution in [-0.4, -0.2) is 16.6 Å². The zero-order valence-corrected chi connectivity index (χ0v) is 7.55. The maximum Gasteiger partial charge on any atom is 0.323 e. The quantitative estimate of drug-likeness (QED) is 0.659. The van der Waals surface area contributed by atoms with E-state index in [0.29, 0.717) is 6.42 Å². The number of nitrogens with two attached hydrogens (primary N) is 1. The second-order valence-corrected chi connectivity index (χ2v) is 3.70. The van der Waals surface area contributed by atoms with Crippen LogP contribution in [-0.2, 0) is 4.79 Å². The van der Waals surface area contributed by atoms with E-state index in [2.05, 4.69) is 0 Å². The van der Waals surface area contributed by atoms with Crippen LogP contribution in [0.1, 0.15) is 39.0 Å². The van der Waals surface area contributed by atoms with Gasteiger partial charge in [-0.3, -0.25) is 4.79 Å². The van der Waals surface area contributed by atoms with E-state index in [1.807, 2.05) is 6.92 Å². The van der Waals surface area contributed by atoms with Gasteiger partial charge in [0.2, 0.25) is 0 Å².